The number of benzene rings is 2. The van der Waals surface area contributed by atoms with E-state index < -0.39 is 6.10 Å². The van der Waals surface area contributed by atoms with Gasteiger partial charge >= 0.3 is 0 Å². The summed E-state index contributed by atoms with van der Waals surface area (Å²) in [6, 6.07) is 16.2. The zero-order chi connectivity index (χ0) is 21.5. The Balaban J connectivity index is 1.88. The molecule has 1 heterocycles. The minimum Gasteiger partial charge on any atom is -0.493 e. The van der Waals surface area contributed by atoms with E-state index in [4.69, 9.17) is 20.0 Å². The predicted molar refractivity (Wildman–Crippen MR) is 120 cm³/mol. The third-order valence-electron chi connectivity index (χ3n) is 4.30. The maximum Gasteiger partial charge on any atom is 0.265 e. The summed E-state index contributed by atoms with van der Waals surface area (Å²) in [5.41, 5.74) is 7.81. The summed E-state index contributed by atoms with van der Waals surface area (Å²) in [6.07, 6.45) is 1.06. The fourth-order valence-electron chi connectivity index (χ4n) is 2.83. The molecule has 1 atom stereocenters. The summed E-state index contributed by atoms with van der Waals surface area (Å²) in [4.78, 5) is 19.7. The van der Waals surface area contributed by atoms with Crippen LogP contribution in [0.3, 0.4) is 0 Å². The Morgan fingerprint density at radius 3 is 2.57 bits per heavy atom. The average Bonchev–Trinajstić information content (AvgIpc) is 3.25. The molecule has 7 nitrogen and oxygen atoms in total. The standard InChI is InChI=1S/C22H23N3O4S/c1-4-24-29-21(14-9-10-17(27-2)18(13-14)28-3)19-11-12-20(30-19)22(26)25-16-8-6-5-7-15(16)23/h4-13,21H,23H2,1-3H3,(H,25,26). The van der Waals surface area contributed by atoms with Crippen molar-refractivity contribution in [2.45, 2.75) is 13.0 Å². The summed E-state index contributed by atoms with van der Waals surface area (Å²) < 4.78 is 10.7. The number of oxime groups is 1. The van der Waals surface area contributed by atoms with Gasteiger partial charge in [0.15, 0.2) is 17.6 Å². The van der Waals surface area contributed by atoms with E-state index in [1.54, 1.807) is 51.6 Å². The van der Waals surface area contributed by atoms with Crippen LogP contribution < -0.4 is 20.5 Å². The van der Waals surface area contributed by atoms with Crippen LogP contribution in [-0.4, -0.2) is 26.3 Å². The van der Waals surface area contributed by atoms with Crippen LogP contribution in [0.4, 0.5) is 11.4 Å². The molecule has 0 fully saturated rings. The molecule has 156 valence electrons. The number of thiophene rings is 1. The van der Waals surface area contributed by atoms with E-state index in [0.29, 0.717) is 27.8 Å². The highest BCUT2D eigenvalue weighted by Crippen LogP contribution is 2.37. The molecule has 0 radical (unpaired) electrons. The Morgan fingerprint density at radius 2 is 1.87 bits per heavy atom. The van der Waals surface area contributed by atoms with Gasteiger partial charge in [-0.3, -0.25) is 4.79 Å². The second kappa shape index (κ2) is 9.80. The van der Waals surface area contributed by atoms with E-state index in [0.717, 1.165) is 10.4 Å². The fourth-order valence-corrected chi connectivity index (χ4v) is 3.78. The first-order valence-corrected chi connectivity index (χ1v) is 10.00. The van der Waals surface area contributed by atoms with Gasteiger partial charge < -0.3 is 25.4 Å². The number of hydrogen-bond acceptors (Lipinski definition) is 7. The molecule has 1 amide bonds. The zero-order valence-corrected chi connectivity index (χ0v) is 17.7. The van der Waals surface area contributed by atoms with Gasteiger partial charge in [-0.05, 0) is 43.3 Å². The molecule has 0 saturated carbocycles. The molecular weight excluding hydrogens is 402 g/mol. The third kappa shape index (κ3) is 4.72. The highest BCUT2D eigenvalue weighted by molar-refractivity contribution is 7.14. The fraction of sp³-hybridized carbons (Fsp3) is 0.182. The SMILES string of the molecule is CC=NOC(c1ccc(OC)c(OC)c1)c1ccc(C(=O)Nc2ccccc2N)s1. The van der Waals surface area contributed by atoms with Gasteiger partial charge in [-0.1, -0.05) is 23.4 Å². The molecule has 2 aromatic carbocycles. The van der Waals surface area contributed by atoms with Crippen LogP contribution in [0, 0.1) is 0 Å². The molecule has 0 aliphatic heterocycles. The number of nitrogens with zero attached hydrogens (tertiary/aromatic N) is 1. The summed E-state index contributed by atoms with van der Waals surface area (Å²) in [5, 5.41) is 6.78. The number of anilines is 2. The van der Waals surface area contributed by atoms with Gasteiger partial charge in [0.2, 0.25) is 0 Å². The molecule has 1 unspecified atom stereocenters. The monoisotopic (exact) mass is 425 g/mol. The smallest absolute Gasteiger partial charge is 0.265 e. The number of para-hydroxylation sites is 2. The Bertz CT molecular complexity index is 1050. The van der Waals surface area contributed by atoms with E-state index in [2.05, 4.69) is 10.5 Å². The van der Waals surface area contributed by atoms with Crippen LogP contribution in [0.5, 0.6) is 11.5 Å². The minimum absolute atomic E-state index is 0.241. The van der Waals surface area contributed by atoms with Gasteiger partial charge in [0.1, 0.15) is 0 Å². The molecule has 3 aromatic rings. The number of rotatable bonds is 8. The summed E-state index contributed by atoms with van der Waals surface area (Å²) >= 11 is 1.32. The average molecular weight is 426 g/mol. The van der Waals surface area contributed by atoms with Crippen molar-refractivity contribution in [2.24, 2.45) is 5.16 Å². The Hall–Kier alpha value is -3.52. The van der Waals surface area contributed by atoms with Crippen molar-refractivity contribution in [2.75, 3.05) is 25.3 Å². The van der Waals surface area contributed by atoms with Gasteiger partial charge in [-0.15, -0.1) is 11.3 Å². The van der Waals surface area contributed by atoms with Gasteiger partial charge in [-0.2, -0.15) is 0 Å². The van der Waals surface area contributed by atoms with Crippen molar-refractivity contribution in [1.82, 2.24) is 0 Å². The lowest BCUT2D eigenvalue weighted by Gasteiger charge is -2.16. The van der Waals surface area contributed by atoms with Crippen LogP contribution in [0.15, 0.2) is 59.8 Å². The van der Waals surface area contributed by atoms with Crippen LogP contribution in [0.25, 0.3) is 0 Å². The second-order valence-electron chi connectivity index (χ2n) is 6.21. The predicted octanol–water partition coefficient (Wildman–Crippen LogP) is 4.71. The molecule has 0 aliphatic carbocycles. The molecule has 0 aliphatic rings. The Labute approximate surface area is 179 Å². The molecule has 30 heavy (non-hydrogen) atoms. The normalized spacial score (nSPS) is 11.8. The Kier molecular flexibility index (Phi) is 6.92. The van der Waals surface area contributed by atoms with E-state index in [9.17, 15) is 4.79 Å². The van der Waals surface area contributed by atoms with Crippen LogP contribution >= 0.6 is 11.3 Å². The first kappa shape index (κ1) is 21.2. The highest BCUT2D eigenvalue weighted by atomic mass is 32.1. The largest absolute Gasteiger partial charge is 0.493 e. The van der Waals surface area contributed by atoms with E-state index >= 15 is 0 Å². The molecule has 1 aromatic heterocycles. The van der Waals surface area contributed by atoms with Crippen LogP contribution in [0.2, 0.25) is 0 Å². The quantitative estimate of drug-likeness (QED) is 0.310. The van der Waals surface area contributed by atoms with Crippen molar-refractivity contribution >= 4 is 34.8 Å². The molecule has 0 saturated heterocycles. The first-order chi connectivity index (χ1) is 14.6. The lowest BCUT2D eigenvalue weighted by Crippen LogP contribution is -2.11. The molecule has 0 bridgehead atoms. The number of methoxy groups -OCH3 is 2. The highest BCUT2D eigenvalue weighted by Gasteiger charge is 2.22. The van der Waals surface area contributed by atoms with Gasteiger partial charge in [0, 0.05) is 11.8 Å². The van der Waals surface area contributed by atoms with Crippen LogP contribution in [0.1, 0.15) is 33.1 Å². The number of nitrogens with one attached hydrogen (secondary N) is 1. The number of ether oxygens (including phenoxy) is 2. The summed E-state index contributed by atoms with van der Waals surface area (Å²) in [5.74, 6) is 0.957. The second-order valence-corrected chi connectivity index (χ2v) is 7.32. The van der Waals surface area contributed by atoms with Crippen molar-refractivity contribution in [1.29, 1.82) is 0 Å². The molecule has 8 heteroatoms. The summed E-state index contributed by atoms with van der Waals surface area (Å²) in [6.45, 7) is 1.77. The number of hydrogen-bond donors (Lipinski definition) is 2. The maximum absolute atomic E-state index is 12.7. The van der Waals surface area contributed by atoms with Crippen molar-refractivity contribution in [3.05, 3.63) is 69.9 Å². The van der Waals surface area contributed by atoms with Gasteiger partial charge in [0.25, 0.3) is 5.91 Å². The number of carbonyl (C=O) groups is 1. The van der Waals surface area contributed by atoms with E-state index in [1.165, 1.54) is 11.3 Å². The van der Waals surface area contributed by atoms with Gasteiger partial charge in [0.05, 0.1) is 35.3 Å². The van der Waals surface area contributed by atoms with Crippen molar-refractivity contribution in [3.8, 4) is 11.5 Å². The van der Waals surface area contributed by atoms with E-state index in [1.807, 2.05) is 30.3 Å². The Morgan fingerprint density at radius 1 is 1.10 bits per heavy atom. The van der Waals surface area contributed by atoms with Crippen molar-refractivity contribution in [3.63, 3.8) is 0 Å². The topological polar surface area (TPSA) is 95.2 Å². The number of amides is 1. The molecule has 3 rings (SSSR count). The molecule has 0 spiro atoms. The van der Waals surface area contributed by atoms with Crippen LogP contribution in [-0.2, 0) is 4.84 Å². The summed E-state index contributed by atoms with van der Waals surface area (Å²) in [7, 11) is 3.15. The maximum atomic E-state index is 12.7. The van der Waals surface area contributed by atoms with E-state index in [-0.39, 0.29) is 5.91 Å². The van der Waals surface area contributed by atoms with Gasteiger partial charge in [-0.25, -0.2) is 0 Å². The number of carbonyl (C=O) groups excluding carboxylic acids is 1. The zero-order valence-electron chi connectivity index (χ0n) is 16.9. The van der Waals surface area contributed by atoms with Crippen molar-refractivity contribution < 1.29 is 19.1 Å². The lowest BCUT2D eigenvalue weighted by molar-refractivity contribution is 0.0908. The molecule has 3 N–H and O–H groups in total. The third-order valence-corrected chi connectivity index (χ3v) is 5.43. The first-order valence-electron chi connectivity index (χ1n) is 9.18. The minimum atomic E-state index is -0.505. The molecular formula is C22H23N3O4S. The number of nitrogen functional groups attached to an aromatic ring is 1. The lowest BCUT2D eigenvalue weighted by atomic mass is 10.1. The number of nitrogens with two attached hydrogens (primary N) is 1.